The Morgan fingerprint density at radius 2 is 2.26 bits per heavy atom. The maximum absolute atomic E-state index is 12.4. The van der Waals surface area contributed by atoms with Crippen molar-refractivity contribution in [2.75, 3.05) is 0 Å². The van der Waals surface area contributed by atoms with Crippen LogP contribution >= 0.6 is 0 Å². The molecule has 0 bridgehead atoms. The van der Waals surface area contributed by atoms with Gasteiger partial charge in [0.15, 0.2) is 5.84 Å². The fourth-order valence-corrected chi connectivity index (χ4v) is 2.50. The lowest BCUT2D eigenvalue weighted by molar-refractivity contribution is -0.129. The van der Waals surface area contributed by atoms with Crippen molar-refractivity contribution in [2.45, 2.75) is 38.6 Å². The molecule has 1 saturated carbocycles. The standard InChI is InChI=1S/C11H18N6O2/c12-9(17-19)11(4-2-1-3-5-11)10(18)13-6-8-14-7-15-16-8/h7,19H,1-6H2,(H2,12,17)(H,13,18)(H,14,15,16). The van der Waals surface area contributed by atoms with E-state index in [-0.39, 0.29) is 18.3 Å². The van der Waals surface area contributed by atoms with E-state index in [4.69, 9.17) is 10.9 Å². The highest BCUT2D eigenvalue weighted by Gasteiger charge is 2.43. The molecule has 1 aromatic rings. The van der Waals surface area contributed by atoms with Crippen LogP contribution in [0.25, 0.3) is 0 Å². The van der Waals surface area contributed by atoms with Gasteiger partial charge in [-0.15, -0.1) is 0 Å². The molecule has 1 aromatic heterocycles. The normalized spacial score (nSPS) is 19.1. The second-order valence-electron chi connectivity index (χ2n) is 4.74. The lowest BCUT2D eigenvalue weighted by atomic mass is 9.72. The first kappa shape index (κ1) is 13.3. The summed E-state index contributed by atoms with van der Waals surface area (Å²) in [5, 5.41) is 21.1. The molecule has 0 unspecified atom stereocenters. The molecule has 1 heterocycles. The largest absolute Gasteiger partial charge is 0.409 e. The second kappa shape index (κ2) is 5.68. The van der Waals surface area contributed by atoms with Crippen molar-refractivity contribution in [3.63, 3.8) is 0 Å². The first-order valence-electron chi connectivity index (χ1n) is 6.29. The molecular weight excluding hydrogens is 248 g/mol. The summed E-state index contributed by atoms with van der Waals surface area (Å²) in [6.45, 7) is 0.249. The minimum atomic E-state index is -0.896. The maximum atomic E-state index is 12.4. The Labute approximate surface area is 110 Å². The molecule has 0 spiro atoms. The van der Waals surface area contributed by atoms with E-state index in [1.165, 1.54) is 6.33 Å². The zero-order chi connectivity index (χ0) is 13.7. The van der Waals surface area contributed by atoms with Crippen molar-refractivity contribution < 1.29 is 10.0 Å². The maximum Gasteiger partial charge on any atom is 0.234 e. The number of amides is 1. The van der Waals surface area contributed by atoms with E-state index in [0.717, 1.165) is 19.3 Å². The van der Waals surface area contributed by atoms with Crippen LogP contribution in [0.1, 0.15) is 37.9 Å². The van der Waals surface area contributed by atoms with Crippen molar-refractivity contribution in [2.24, 2.45) is 16.3 Å². The third kappa shape index (κ3) is 2.67. The summed E-state index contributed by atoms with van der Waals surface area (Å²) in [5.41, 5.74) is 4.84. The summed E-state index contributed by atoms with van der Waals surface area (Å²) < 4.78 is 0. The third-order valence-corrected chi connectivity index (χ3v) is 3.62. The number of nitrogens with zero attached hydrogens (tertiary/aromatic N) is 3. The van der Waals surface area contributed by atoms with Crippen molar-refractivity contribution in [3.8, 4) is 0 Å². The summed E-state index contributed by atoms with van der Waals surface area (Å²) in [5.74, 6) is 0.333. The lowest BCUT2D eigenvalue weighted by Gasteiger charge is -2.34. The summed E-state index contributed by atoms with van der Waals surface area (Å²) in [7, 11) is 0. The first-order valence-corrected chi connectivity index (χ1v) is 6.29. The number of amidine groups is 1. The molecule has 8 heteroatoms. The number of oxime groups is 1. The quantitative estimate of drug-likeness (QED) is 0.266. The van der Waals surface area contributed by atoms with E-state index in [1.807, 2.05) is 0 Å². The lowest BCUT2D eigenvalue weighted by Crippen LogP contribution is -2.50. The summed E-state index contributed by atoms with van der Waals surface area (Å²) in [6.07, 6.45) is 5.44. The number of hydrogen-bond acceptors (Lipinski definition) is 5. The number of carbonyl (C=O) groups excluding carboxylic acids is 1. The zero-order valence-corrected chi connectivity index (χ0v) is 10.6. The van der Waals surface area contributed by atoms with Gasteiger partial charge in [-0.3, -0.25) is 9.89 Å². The van der Waals surface area contributed by atoms with Crippen LogP contribution < -0.4 is 11.1 Å². The Morgan fingerprint density at radius 3 is 2.84 bits per heavy atom. The zero-order valence-electron chi connectivity index (χ0n) is 10.6. The van der Waals surface area contributed by atoms with Gasteiger partial charge in [0.1, 0.15) is 17.6 Å². The van der Waals surface area contributed by atoms with Gasteiger partial charge in [0.25, 0.3) is 0 Å². The molecule has 0 atom stereocenters. The van der Waals surface area contributed by atoms with E-state index in [9.17, 15) is 4.79 Å². The Morgan fingerprint density at radius 1 is 1.53 bits per heavy atom. The first-order chi connectivity index (χ1) is 9.19. The molecule has 2 rings (SSSR count). The molecule has 104 valence electrons. The van der Waals surface area contributed by atoms with Crippen LogP contribution in [0.2, 0.25) is 0 Å². The fraction of sp³-hybridized carbons (Fsp3) is 0.636. The number of nitrogens with two attached hydrogens (primary N) is 1. The van der Waals surface area contributed by atoms with E-state index in [0.29, 0.717) is 18.7 Å². The molecular formula is C11H18N6O2. The average molecular weight is 266 g/mol. The SMILES string of the molecule is NC(=NO)C1(C(=O)NCc2ncn[nH]2)CCCCC1. The molecule has 8 nitrogen and oxygen atoms in total. The highest BCUT2D eigenvalue weighted by atomic mass is 16.4. The van der Waals surface area contributed by atoms with Crippen molar-refractivity contribution in [1.82, 2.24) is 20.5 Å². The molecule has 1 aliphatic rings. The topological polar surface area (TPSA) is 129 Å². The van der Waals surface area contributed by atoms with Crippen molar-refractivity contribution >= 4 is 11.7 Å². The Bertz CT molecular complexity index is 450. The van der Waals surface area contributed by atoms with Crippen LogP contribution in [0.3, 0.4) is 0 Å². The minimum Gasteiger partial charge on any atom is -0.409 e. The number of hydrogen-bond donors (Lipinski definition) is 4. The number of aromatic nitrogens is 3. The van der Waals surface area contributed by atoms with Crippen LogP contribution in [-0.4, -0.2) is 32.1 Å². The molecule has 1 aliphatic carbocycles. The van der Waals surface area contributed by atoms with Gasteiger partial charge in [-0.05, 0) is 12.8 Å². The van der Waals surface area contributed by atoms with Gasteiger partial charge in [0.2, 0.25) is 5.91 Å². The number of rotatable bonds is 4. The predicted molar refractivity (Wildman–Crippen MR) is 67.2 cm³/mol. The van der Waals surface area contributed by atoms with Crippen molar-refractivity contribution in [3.05, 3.63) is 12.2 Å². The van der Waals surface area contributed by atoms with Crippen LogP contribution in [-0.2, 0) is 11.3 Å². The summed E-state index contributed by atoms with van der Waals surface area (Å²) >= 11 is 0. The molecule has 0 aromatic carbocycles. The Hall–Kier alpha value is -2.12. The minimum absolute atomic E-state index is 0.0118. The van der Waals surface area contributed by atoms with Gasteiger partial charge in [0, 0.05) is 0 Å². The van der Waals surface area contributed by atoms with Gasteiger partial charge in [0.05, 0.1) is 6.54 Å². The molecule has 1 amide bonds. The molecule has 5 N–H and O–H groups in total. The van der Waals surface area contributed by atoms with E-state index in [1.54, 1.807) is 0 Å². The Balaban J connectivity index is 2.07. The molecule has 0 saturated heterocycles. The molecule has 0 radical (unpaired) electrons. The molecule has 0 aliphatic heterocycles. The third-order valence-electron chi connectivity index (χ3n) is 3.62. The van der Waals surface area contributed by atoms with Gasteiger partial charge in [-0.1, -0.05) is 24.4 Å². The van der Waals surface area contributed by atoms with E-state index < -0.39 is 5.41 Å². The van der Waals surface area contributed by atoms with Gasteiger partial charge < -0.3 is 16.3 Å². The van der Waals surface area contributed by atoms with E-state index >= 15 is 0 Å². The summed E-state index contributed by atoms with van der Waals surface area (Å²) in [6, 6.07) is 0. The monoisotopic (exact) mass is 266 g/mol. The number of H-pyrrole nitrogens is 1. The average Bonchev–Trinajstić information content (AvgIpc) is 2.97. The van der Waals surface area contributed by atoms with Crippen LogP contribution in [0.5, 0.6) is 0 Å². The smallest absolute Gasteiger partial charge is 0.234 e. The van der Waals surface area contributed by atoms with Crippen LogP contribution in [0, 0.1) is 5.41 Å². The highest BCUT2D eigenvalue weighted by Crippen LogP contribution is 2.36. The van der Waals surface area contributed by atoms with Gasteiger partial charge in [-0.25, -0.2) is 4.98 Å². The summed E-state index contributed by atoms with van der Waals surface area (Å²) in [4.78, 5) is 16.3. The van der Waals surface area contributed by atoms with Crippen molar-refractivity contribution in [1.29, 1.82) is 0 Å². The van der Waals surface area contributed by atoms with Crippen LogP contribution in [0.4, 0.5) is 0 Å². The Kier molecular flexibility index (Phi) is 3.98. The molecule has 19 heavy (non-hydrogen) atoms. The van der Waals surface area contributed by atoms with E-state index in [2.05, 4.69) is 25.7 Å². The number of aromatic amines is 1. The van der Waals surface area contributed by atoms with Gasteiger partial charge in [-0.2, -0.15) is 5.10 Å². The predicted octanol–water partition coefficient (Wildman–Crippen LogP) is 0.118. The number of carbonyl (C=O) groups is 1. The highest BCUT2D eigenvalue weighted by molar-refractivity contribution is 6.06. The fourth-order valence-electron chi connectivity index (χ4n) is 2.50. The molecule has 1 fully saturated rings. The number of nitrogens with one attached hydrogen (secondary N) is 2. The van der Waals surface area contributed by atoms with Gasteiger partial charge >= 0.3 is 0 Å². The van der Waals surface area contributed by atoms with Crippen LogP contribution in [0.15, 0.2) is 11.5 Å². The second-order valence-corrected chi connectivity index (χ2v) is 4.74.